The fraction of sp³-hybridized carbons (Fsp3) is 0.667. The van der Waals surface area contributed by atoms with Crippen molar-refractivity contribution in [3.05, 3.63) is 12.7 Å². The molecule has 0 bridgehead atoms. The highest BCUT2D eigenvalue weighted by molar-refractivity contribution is 5.80. The molecule has 1 aromatic heterocycles. The van der Waals surface area contributed by atoms with Gasteiger partial charge in [0.15, 0.2) is 0 Å². The number of amides is 1. The quantitative estimate of drug-likeness (QED) is 0.709. The van der Waals surface area contributed by atoms with Gasteiger partial charge < -0.3 is 10.0 Å². The third kappa shape index (κ3) is 1.99. The number of hydrogen-bond acceptors (Lipinski definition) is 4. The smallest absolute Gasteiger partial charge is 0.247 e. The van der Waals surface area contributed by atoms with Gasteiger partial charge in [-0.2, -0.15) is 5.10 Å². The van der Waals surface area contributed by atoms with Gasteiger partial charge in [-0.25, -0.2) is 9.67 Å². The Morgan fingerprint density at radius 2 is 2.47 bits per heavy atom. The maximum atomic E-state index is 11.9. The zero-order chi connectivity index (χ0) is 10.8. The van der Waals surface area contributed by atoms with Crippen molar-refractivity contribution >= 4 is 5.91 Å². The third-order valence-electron chi connectivity index (χ3n) is 2.67. The molecule has 1 aliphatic heterocycles. The molecule has 1 amide bonds. The lowest BCUT2D eigenvalue weighted by Gasteiger charge is -2.20. The van der Waals surface area contributed by atoms with Gasteiger partial charge in [0, 0.05) is 13.1 Å². The second kappa shape index (κ2) is 3.98. The molecule has 6 nitrogen and oxygen atoms in total. The highest BCUT2D eigenvalue weighted by Gasteiger charge is 2.28. The number of carbonyl (C=O) groups is 1. The van der Waals surface area contributed by atoms with E-state index >= 15 is 0 Å². The first-order valence-electron chi connectivity index (χ1n) is 4.99. The van der Waals surface area contributed by atoms with E-state index in [2.05, 4.69) is 10.1 Å². The van der Waals surface area contributed by atoms with Gasteiger partial charge in [0.05, 0.1) is 6.10 Å². The van der Waals surface area contributed by atoms with E-state index in [0.29, 0.717) is 19.5 Å². The number of rotatable bonds is 2. The number of β-amino-alcohol motifs (C(OH)–C–C–N with tert-alkyl or cyclic N) is 1. The largest absolute Gasteiger partial charge is 0.391 e. The molecule has 0 spiro atoms. The minimum Gasteiger partial charge on any atom is -0.391 e. The molecule has 2 atom stereocenters. The Bertz CT molecular complexity index is 338. The van der Waals surface area contributed by atoms with Crippen molar-refractivity contribution in [1.29, 1.82) is 0 Å². The van der Waals surface area contributed by atoms with E-state index in [1.807, 2.05) is 0 Å². The number of aliphatic hydroxyl groups excluding tert-OH is 1. The van der Waals surface area contributed by atoms with Gasteiger partial charge in [-0.1, -0.05) is 0 Å². The Morgan fingerprint density at radius 3 is 3.00 bits per heavy atom. The number of carbonyl (C=O) groups excluding carboxylic acids is 1. The Hall–Kier alpha value is -1.43. The molecule has 2 heterocycles. The van der Waals surface area contributed by atoms with Gasteiger partial charge in [0.2, 0.25) is 5.91 Å². The molecule has 1 unspecified atom stereocenters. The minimum absolute atomic E-state index is 0.0166. The van der Waals surface area contributed by atoms with Crippen molar-refractivity contribution in [2.45, 2.75) is 25.5 Å². The summed E-state index contributed by atoms with van der Waals surface area (Å²) in [6.45, 7) is 2.83. The zero-order valence-corrected chi connectivity index (χ0v) is 8.58. The Morgan fingerprint density at radius 1 is 1.67 bits per heavy atom. The summed E-state index contributed by atoms with van der Waals surface area (Å²) in [5, 5.41) is 13.3. The molecule has 1 aliphatic rings. The highest BCUT2D eigenvalue weighted by atomic mass is 16.3. The van der Waals surface area contributed by atoms with Crippen LogP contribution in [0.2, 0.25) is 0 Å². The first-order chi connectivity index (χ1) is 7.18. The molecule has 82 valence electrons. The topological polar surface area (TPSA) is 71.2 Å². The maximum Gasteiger partial charge on any atom is 0.247 e. The maximum absolute atomic E-state index is 11.9. The summed E-state index contributed by atoms with van der Waals surface area (Å²) in [6.07, 6.45) is 3.21. The molecule has 1 N–H and O–H groups in total. The van der Waals surface area contributed by atoms with Crippen LogP contribution in [0.25, 0.3) is 0 Å². The lowest BCUT2D eigenvalue weighted by Crippen LogP contribution is -2.35. The van der Waals surface area contributed by atoms with Crippen LogP contribution in [0.15, 0.2) is 12.7 Å². The molecule has 0 radical (unpaired) electrons. The average molecular weight is 210 g/mol. The first kappa shape index (κ1) is 10.1. The van der Waals surface area contributed by atoms with Gasteiger partial charge in [-0.05, 0) is 13.3 Å². The minimum atomic E-state index is -0.378. The number of nitrogens with zero attached hydrogens (tertiary/aromatic N) is 4. The summed E-state index contributed by atoms with van der Waals surface area (Å²) in [7, 11) is 0. The Balaban J connectivity index is 2.02. The predicted octanol–water partition coefficient (Wildman–Crippen LogP) is -0.568. The highest BCUT2D eigenvalue weighted by Crippen LogP contribution is 2.14. The fourth-order valence-corrected chi connectivity index (χ4v) is 1.74. The van der Waals surface area contributed by atoms with E-state index in [-0.39, 0.29) is 18.1 Å². The van der Waals surface area contributed by atoms with Crippen LogP contribution in [0.5, 0.6) is 0 Å². The number of hydrogen-bond donors (Lipinski definition) is 1. The van der Waals surface area contributed by atoms with Crippen molar-refractivity contribution < 1.29 is 9.90 Å². The van der Waals surface area contributed by atoms with E-state index in [4.69, 9.17) is 0 Å². The van der Waals surface area contributed by atoms with Crippen molar-refractivity contribution in [2.75, 3.05) is 13.1 Å². The van der Waals surface area contributed by atoms with Gasteiger partial charge in [-0.3, -0.25) is 4.79 Å². The van der Waals surface area contributed by atoms with Crippen LogP contribution in [0.3, 0.4) is 0 Å². The summed E-state index contributed by atoms with van der Waals surface area (Å²) >= 11 is 0. The Labute approximate surface area is 87.5 Å². The number of aliphatic hydroxyl groups is 1. The van der Waals surface area contributed by atoms with Crippen LogP contribution in [0.1, 0.15) is 19.4 Å². The number of likely N-dealkylation sites (tertiary alicyclic amines) is 1. The SMILES string of the molecule is CC(C(=O)N1CC[C@H](O)C1)n1cncn1. The van der Waals surface area contributed by atoms with E-state index < -0.39 is 0 Å². The molecule has 15 heavy (non-hydrogen) atoms. The molecular formula is C9H14N4O2. The first-order valence-corrected chi connectivity index (χ1v) is 4.99. The lowest BCUT2D eigenvalue weighted by atomic mass is 10.3. The monoisotopic (exact) mass is 210 g/mol. The summed E-state index contributed by atoms with van der Waals surface area (Å²) in [6, 6.07) is -0.349. The molecule has 2 rings (SSSR count). The third-order valence-corrected chi connectivity index (χ3v) is 2.67. The van der Waals surface area contributed by atoms with Crippen LogP contribution >= 0.6 is 0 Å². The normalized spacial score (nSPS) is 23.1. The van der Waals surface area contributed by atoms with Gasteiger partial charge in [0.25, 0.3) is 0 Å². The van der Waals surface area contributed by atoms with Crippen molar-refractivity contribution in [3.63, 3.8) is 0 Å². The van der Waals surface area contributed by atoms with Crippen LogP contribution in [-0.4, -0.2) is 49.9 Å². The van der Waals surface area contributed by atoms with Crippen LogP contribution in [0, 0.1) is 0 Å². The second-order valence-electron chi connectivity index (χ2n) is 3.78. The summed E-state index contributed by atoms with van der Waals surface area (Å²) in [5.41, 5.74) is 0. The van der Waals surface area contributed by atoms with E-state index in [1.54, 1.807) is 11.8 Å². The predicted molar refractivity (Wildman–Crippen MR) is 51.9 cm³/mol. The van der Waals surface area contributed by atoms with Crippen LogP contribution in [0.4, 0.5) is 0 Å². The number of aromatic nitrogens is 3. The molecule has 1 aromatic rings. The average Bonchev–Trinajstić information content (AvgIpc) is 2.85. The lowest BCUT2D eigenvalue weighted by molar-refractivity contribution is -0.133. The summed E-state index contributed by atoms with van der Waals surface area (Å²) in [5.74, 6) is -0.0166. The summed E-state index contributed by atoms with van der Waals surface area (Å²) < 4.78 is 1.52. The molecule has 0 aromatic carbocycles. The van der Waals surface area contributed by atoms with Crippen molar-refractivity contribution in [3.8, 4) is 0 Å². The van der Waals surface area contributed by atoms with Crippen molar-refractivity contribution in [1.82, 2.24) is 19.7 Å². The van der Waals surface area contributed by atoms with Crippen LogP contribution < -0.4 is 0 Å². The van der Waals surface area contributed by atoms with Gasteiger partial charge >= 0.3 is 0 Å². The van der Waals surface area contributed by atoms with Gasteiger partial charge in [-0.15, -0.1) is 0 Å². The van der Waals surface area contributed by atoms with Gasteiger partial charge in [0.1, 0.15) is 18.7 Å². The second-order valence-corrected chi connectivity index (χ2v) is 3.78. The van der Waals surface area contributed by atoms with Crippen LogP contribution in [-0.2, 0) is 4.79 Å². The van der Waals surface area contributed by atoms with E-state index in [0.717, 1.165) is 0 Å². The summed E-state index contributed by atoms with van der Waals surface area (Å²) in [4.78, 5) is 17.4. The molecule has 0 aliphatic carbocycles. The fourth-order valence-electron chi connectivity index (χ4n) is 1.74. The van der Waals surface area contributed by atoms with E-state index in [9.17, 15) is 9.90 Å². The standard InChI is InChI=1S/C9H14N4O2/c1-7(13-6-10-5-11-13)9(15)12-3-2-8(14)4-12/h5-8,14H,2-4H2,1H3/t7?,8-/m0/s1. The van der Waals surface area contributed by atoms with Crippen molar-refractivity contribution in [2.24, 2.45) is 0 Å². The molecular weight excluding hydrogens is 196 g/mol. The van der Waals surface area contributed by atoms with E-state index in [1.165, 1.54) is 17.3 Å². The Kier molecular flexibility index (Phi) is 2.68. The molecule has 1 saturated heterocycles. The molecule has 6 heteroatoms. The molecule has 1 fully saturated rings. The molecule has 0 saturated carbocycles. The zero-order valence-electron chi connectivity index (χ0n) is 8.58.